The topological polar surface area (TPSA) is 87.2 Å². The molecular formula is C12H14ClN3O2S. The third kappa shape index (κ3) is 2.60. The van der Waals surface area contributed by atoms with E-state index in [1.165, 1.54) is 22.5 Å². The maximum absolute atomic E-state index is 12.4. The van der Waals surface area contributed by atoms with Gasteiger partial charge in [0.1, 0.15) is 6.07 Å². The Morgan fingerprint density at radius 2 is 2.16 bits per heavy atom. The van der Waals surface area contributed by atoms with Gasteiger partial charge in [-0.2, -0.15) is 9.57 Å². The average molecular weight is 300 g/mol. The standard InChI is InChI=1S/C12H14ClN3O2S/c1-8-6-16(7-12(8)15)19(17,18)10-3-2-9(5-14)11(13)4-10/h2-4,8,12H,6-7,15H2,1H3. The van der Waals surface area contributed by atoms with Gasteiger partial charge in [-0.05, 0) is 24.1 Å². The summed E-state index contributed by atoms with van der Waals surface area (Å²) in [6.07, 6.45) is 0. The van der Waals surface area contributed by atoms with Crippen molar-refractivity contribution < 1.29 is 8.42 Å². The highest BCUT2D eigenvalue weighted by atomic mass is 35.5. The van der Waals surface area contributed by atoms with E-state index in [2.05, 4.69) is 0 Å². The number of rotatable bonds is 2. The molecule has 102 valence electrons. The number of nitrogens with zero attached hydrogens (tertiary/aromatic N) is 2. The van der Waals surface area contributed by atoms with Gasteiger partial charge in [-0.25, -0.2) is 8.42 Å². The minimum absolute atomic E-state index is 0.0952. The molecule has 1 aliphatic heterocycles. The van der Waals surface area contributed by atoms with Crippen molar-refractivity contribution >= 4 is 21.6 Å². The maximum atomic E-state index is 12.4. The Balaban J connectivity index is 2.36. The minimum atomic E-state index is -3.59. The average Bonchev–Trinajstić information content (AvgIpc) is 2.70. The Kier molecular flexibility index (Phi) is 3.83. The van der Waals surface area contributed by atoms with E-state index in [1.807, 2.05) is 13.0 Å². The van der Waals surface area contributed by atoms with Crippen molar-refractivity contribution in [2.75, 3.05) is 13.1 Å². The summed E-state index contributed by atoms with van der Waals surface area (Å²) < 4.78 is 26.2. The van der Waals surface area contributed by atoms with Gasteiger partial charge in [0.15, 0.2) is 0 Å². The molecule has 0 saturated carbocycles. The first-order valence-electron chi connectivity index (χ1n) is 5.81. The second-order valence-electron chi connectivity index (χ2n) is 4.72. The van der Waals surface area contributed by atoms with Crippen molar-refractivity contribution in [2.24, 2.45) is 11.7 Å². The number of nitriles is 1. The largest absolute Gasteiger partial charge is 0.326 e. The molecular weight excluding hydrogens is 286 g/mol. The molecule has 2 unspecified atom stereocenters. The van der Waals surface area contributed by atoms with Crippen LogP contribution in [-0.2, 0) is 10.0 Å². The monoisotopic (exact) mass is 299 g/mol. The van der Waals surface area contributed by atoms with E-state index in [0.717, 1.165) is 0 Å². The summed E-state index contributed by atoms with van der Waals surface area (Å²) in [5.41, 5.74) is 6.10. The zero-order valence-electron chi connectivity index (χ0n) is 10.4. The molecule has 1 heterocycles. The van der Waals surface area contributed by atoms with Gasteiger partial charge >= 0.3 is 0 Å². The van der Waals surface area contributed by atoms with Crippen LogP contribution in [0.15, 0.2) is 23.1 Å². The summed E-state index contributed by atoms with van der Waals surface area (Å²) in [7, 11) is -3.59. The van der Waals surface area contributed by atoms with Gasteiger partial charge in [-0.3, -0.25) is 0 Å². The number of nitrogens with two attached hydrogens (primary N) is 1. The van der Waals surface area contributed by atoms with Crippen molar-refractivity contribution in [1.29, 1.82) is 5.26 Å². The molecule has 1 aliphatic rings. The molecule has 0 bridgehead atoms. The Morgan fingerprint density at radius 3 is 2.63 bits per heavy atom. The Hall–Kier alpha value is -1.13. The lowest BCUT2D eigenvalue weighted by molar-refractivity contribution is 0.464. The van der Waals surface area contributed by atoms with Gasteiger partial charge in [0.25, 0.3) is 0 Å². The number of benzene rings is 1. The summed E-state index contributed by atoms with van der Waals surface area (Å²) in [5, 5.41) is 8.92. The molecule has 5 nitrogen and oxygen atoms in total. The second-order valence-corrected chi connectivity index (χ2v) is 7.06. The van der Waals surface area contributed by atoms with Crippen LogP contribution in [0.4, 0.5) is 0 Å². The van der Waals surface area contributed by atoms with E-state index in [4.69, 9.17) is 22.6 Å². The molecule has 2 rings (SSSR count). The minimum Gasteiger partial charge on any atom is -0.326 e. The molecule has 7 heteroatoms. The molecule has 1 fully saturated rings. The smallest absolute Gasteiger partial charge is 0.243 e. The van der Waals surface area contributed by atoms with E-state index in [1.54, 1.807) is 0 Å². The van der Waals surface area contributed by atoms with Crippen LogP contribution >= 0.6 is 11.6 Å². The van der Waals surface area contributed by atoms with Gasteiger partial charge in [-0.1, -0.05) is 18.5 Å². The second kappa shape index (κ2) is 5.10. The lowest BCUT2D eigenvalue weighted by Crippen LogP contribution is -2.32. The van der Waals surface area contributed by atoms with Crippen molar-refractivity contribution in [1.82, 2.24) is 4.31 Å². The van der Waals surface area contributed by atoms with Crippen LogP contribution in [0.5, 0.6) is 0 Å². The van der Waals surface area contributed by atoms with Crippen molar-refractivity contribution in [3.05, 3.63) is 28.8 Å². The van der Waals surface area contributed by atoms with Gasteiger partial charge in [0, 0.05) is 19.1 Å². The van der Waals surface area contributed by atoms with Crippen LogP contribution in [0.25, 0.3) is 0 Å². The summed E-state index contributed by atoms with van der Waals surface area (Å²) in [4.78, 5) is 0.0952. The van der Waals surface area contributed by atoms with Gasteiger partial charge in [0.05, 0.1) is 15.5 Å². The molecule has 0 radical (unpaired) electrons. The number of hydrogen-bond acceptors (Lipinski definition) is 4. The predicted molar refractivity (Wildman–Crippen MR) is 72.1 cm³/mol. The number of sulfonamides is 1. The quantitative estimate of drug-likeness (QED) is 0.888. The molecule has 1 saturated heterocycles. The molecule has 0 aliphatic carbocycles. The highest BCUT2D eigenvalue weighted by molar-refractivity contribution is 7.89. The zero-order chi connectivity index (χ0) is 14.2. The fraction of sp³-hybridized carbons (Fsp3) is 0.417. The third-order valence-electron chi connectivity index (χ3n) is 3.34. The van der Waals surface area contributed by atoms with Crippen LogP contribution in [0.2, 0.25) is 5.02 Å². The molecule has 2 N–H and O–H groups in total. The van der Waals surface area contributed by atoms with E-state index in [0.29, 0.717) is 13.1 Å². The normalized spacial score (nSPS) is 24.3. The van der Waals surface area contributed by atoms with Crippen molar-refractivity contribution in [3.8, 4) is 6.07 Å². The summed E-state index contributed by atoms with van der Waals surface area (Å²) in [6, 6.07) is 5.87. The number of halogens is 1. The van der Waals surface area contributed by atoms with Crippen molar-refractivity contribution in [2.45, 2.75) is 17.9 Å². The summed E-state index contributed by atoms with van der Waals surface area (Å²) in [5.74, 6) is 0.128. The van der Waals surface area contributed by atoms with Crippen LogP contribution in [-0.4, -0.2) is 31.9 Å². The predicted octanol–water partition coefficient (Wildman–Crippen LogP) is 1.18. The molecule has 0 amide bonds. The van der Waals surface area contributed by atoms with Crippen LogP contribution < -0.4 is 5.73 Å². The van der Waals surface area contributed by atoms with Crippen LogP contribution in [0.1, 0.15) is 12.5 Å². The SMILES string of the molecule is CC1CN(S(=O)(=O)c2ccc(C#N)c(Cl)c2)CC1N. The van der Waals surface area contributed by atoms with Gasteiger partial charge in [-0.15, -0.1) is 0 Å². The maximum Gasteiger partial charge on any atom is 0.243 e. The molecule has 1 aromatic rings. The summed E-state index contributed by atoms with van der Waals surface area (Å²) >= 11 is 5.87. The third-order valence-corrected chi connectivity index (χ3v) is 5.48. The van der Waals surface area contributed by atoms with Gasteiger partial charge < -0.3 is 5.73 Å². The van der Waals surface area contributed by atoms with Gasteiger partial charge in [0.2, 0.25) is 10.0 Å². The summed E-state index contributed by atoms with van der Waals surface area (Å²) in [6.45, 7) is 2.63. The van der Waals surface area contributed by atoms with E-state index in [9.17, 15) is 8.42 Å². The fourth-order valence-electron chi connectivity index (χ4n) is 2.04. The molecule has 0 spiro atoms. The molecule has 19 heavy (non-hydrogen) atoms. The highest BCUT2D eigenvalue weighted by Gasteiger charge is 2.35. The van der Waals surface area contributed by atoms with Crippen LogP contribution in [0.3, 0.4) is 0 Å². The Labute approximate surface area is 117 Å². The first kappa shape index (κ1) is 14.3. The number of hydrogen-bond donors (Lipinski definition) is 1. The lowest BCUT2D eigenvalue weighted by atomic mass is 10.1. The van der Waals surface area contributed by atoms with Crippen molar-refractivity contribution in [3.63, 3.8) is 0 Å². The zero-order valence-corrected chi connectivity index (χ0v) is 11.9. The van der Waals surface area contributed by atoms with Crippen LogP contribution in [0, 0.1) is 17.2 Å². The highest BCUT2D eigenvalue weighted by Crippen LogP contribution is 2.26. The first-order valence-corrected chi connectivity index (χ1v) is 7.63. The van der Waals surface area contributed by atoms with E-state index in [-0.39, 0.29) is 27.4 Å². The first-order chi connectivity index (χ1) is 8.86. The van der Waals surface area contributed by atoms with E-state index >= 15 is 0 Å². The molecule has 2 atom stereocenters. The lowest BCUT2D eigenvalue weighted by Gasteiger charge is -2.16. The fourth-order valence-corrected chi connectivity index (χ4v) is 3.93. The Morgan fingerprint density at radius 1 is 1.47 bits per heavy atom. The molecule has 1 aromatic carbocycles. The van der Waals surface area contributed by atoms with E-state index < -0.39 is 10.0 Å². The Bertz CT molecular complexity index is 629. The molecule has 0 aromatic heterocycles.